The molecule has 3 rings (SSSR count). The van der Waals surface area contributed by atoms with Gasteiger partial charge in [0, 0.05) is 22.7 Å². The second-order valence-corrected chi connectivity index (χ2v) is 9.77. The van der Waals surface area contributed by atoms with E-state index in [0.717, 1.165) is 31.4 Å². The van der Waals surface area contributed by atoms with E-state index in [9.17, 15) is 4.79 Å². The molecule has 1 aromatic rings. The van der Waals surface area contributed by atoms with Gasteiger partial charge in [0.1, 0.15) is 5.60 Å². The fourth-order valence-electron chi connectivity index (χ4n) is 4.41. The first-order valence-corrected chi connectivity index (χ1v) is 11.7. The maximum absolute atomic E-state index is 13.3. The van der Waals surface area contributed by atoms with E-state index in [1.807, 2.05) is 19.9 Å². The Morgan fingerprint density at radius 1 is 0.963 bits per heavy atom. The molecule has 0 N–H and O–H groups in total. The lowest BCUT2D eigenvalue weighted by molar-refractivity contribution is -0.00286. The molecule has 1 amide bonds. The largest absolute Gasteiger partial charge is 0.442 e. The van der Waals surface area contributed by atoms with Crippen LogP contribution in [0.3, 0.4) is 0 Å². The molecule has 0 saturated heterocycles. The summed E-state index contributed by atoms with van der Waals surface area (Å²) < 4.78 is 6.09. The third-order valence-corrected chi connectivity index (χ3v) is 7.29. The van der Waals surface area contributed by atoms with E-state index < -0.39 is 5.60 Å². The number of hydrogen-bond acceptors (Lipinski definition) is 3. The zero-order chi connectivity index (χ0) is 19.1. The molecule has 0 radical (unpaired) electrons. The van der Waals surface area contributed by atoms with Crippen LogP contribution in [0.5, 0.6) is 0 Å². The van der Waals surface area contributed by atoms with E-state index in [4.69, 9.17) is 4.74 Å². The summed E-state index contributed by atoms with van der Waals surface area (Å²) in [6.45, 7) is 4.08. The van der Waals surface area contributed by atoms with Crippen molar-refractivity contribution >= 4 is 17.9 Å². The minimum atomic E-state index is -0.473. The summed E-state index contributed by atoms with van der Waals surface area (Å²) in [6.07, 6.45) is 12.1. The zero-order valence-corrected chi connectivity index (χ0v) is 17.8. The Hall–Kier alpha value is -1.16. The summed E-state index contributed by atoms with van der Waals surface area (Å²) in [5.74, 6) is 0.770. The number of carbonyl (C=O) groups is 1. The van der Waals surface area contributed by atoms with Crippen molar-refractivity contribution in [2.75, 3.05) is 5.75 Å². The van der Waals surface area contributed by atoms with Crippen LogP contribution < -0.4 is 0 Å². The Labute approximate surface area is 169 Å². The van der Waals surface area contributed by atoms with Crippen LogP contribution in [-0.4, -0.2) is 34.4 Å². The van der Waals surface area contributed by atoms with Crippen molar-refractivity contribution in [3.05, 3.63) is 30.3 Å². The van der Waals surface area contributed by atoms with Gasteiger partial charge in [-0.3, -0.25) is 0 Å². The normalized spacial score (nSPS) is 19.6. The Kier molecular flexibility index (Phi) is 7.51. The van der Waals surface area contributed by atoms with Crippen LogP contribution in [0.15, 0.2) is 35.2 Å². The third-order valence-electron chi connectivity index (χ3n) is 5.84. The van der Waals surface area contributed by atoms with Gasteiger partial charge in [0.15, 0.2) is 0 Å². The fraction of sp³-hybridized carbons (Fsp3) is 0.696. The molecular formula is C23H35NO2S. The van der Waals surface area contributed by atoms with Gasteiger partial charge in [0.2, 0.25) is 0 Å². The van der Waals surface area contributed by atoms with E-state index >= 15 is 0 Å². The summed E-state index contributed by atoms with van der Waals surface area (Å²) in [6, 6.07) is 11.1. The smallest absolute Gasteiger partial charge is 0.410 e. The SMILES string of the molecule is CC(C)(CSc1ccccc1)OC(=O)N(C1CCCCC1)C1CCCCC1. The van der Waals surface area contributed by atoms with Gasteiger partial charge in [-0.05, 0) is 51.7 Å². The number of thioether (sulfide) groups is 1. The van der Waals surface area contributed by atoms with E-state index in [2.05, 4.69) is 29.2 Å². The van der Waals surface area contributed by atoms with Crippen molar-refractivity contribution in [2.45, 2.75) is 101 Å². The maximum atomic E-state index is 13.3. The van der Waals surface area contributed by atoms with Crippen LogP contribution >= 0.6 is 11.8 Å². The lowest BCUT2D eigenvalue weighted by Gasteiger charge is -2.42. The summed E-state index contributed by atoms with van der Waals surface area (Å²) in [5, 5.41) is 0. The molecule has 1 aromatic carbocycles. The highest BCUT2D eigenvalue weighted by Crippen LogP contribution is 2.32. The molecule has 2 aliphatic carbocycles. The molecule has 0 bridgehead atoms. The average Bonchev–Trinajstić information content (AvgIpc) is 2.69. The van der Waals surface area contributed by atoms with E-state index in [1.165, 1.54) is 43.4 Å². The minimum Gasteiger partial charge on any atom is -0.442 e. The number of benzene rings is 1. The van der Waals surface area contributed by atoms with Gasteiger partial charge in [0.25, 0.3) is 0 Å². The van der Waals surface area contributed by atoms with Crippen molar-refractivity contribution < 1.29 is 9.53 Å². The molecule has 0 atom stereocenters. The van der Waals surface area contributed by atoms with Crippen molar-refractivity contribution in [1.29, 1.82) is 0 Å². The summed E-state index contributed by atoms with van der Waals surface area (Å²) >= 11 is 1.76. The molecule has 0 unspecified atom stereocenters. The zero-order valence-electron chi connectivity index (χ0n) is 17.0. The van der Waals surface area contributed by atoms with Crippen LogP contribution in [0.4, 0.5) is 4.79 Å². The predicted octanol–water partition coefficient (Wildman–Crippen LogP) is 6.66. The van der Waals surface area contributed by atoms with Crippen molar-refractivity contribution in [3.8, 4) is 0 Å². The van der Waals surface area contributed by atoms with Gasteiger partial charge in [0.05, 0.1) is 0 Å². The van der Waals surface area contributed by atoms with Gasteiger partial charge in [-0.1, -0.05) is 56.7 Å². The second-order valence-electron chi connectivity index (χ2n) is 8.72. The lowest BCUT2D eigenvalue weighted by atomic mass is 9.89. The second kappa shape index (κ2) is 9.86. The molecule has 0 aliphatic heterocycles. The van der Waals surface area contributed by atoms with Crippen LogP contribution in [0, 0.1) is 0 Å². The highest BCUT2D eigenvalue weighted by Gasteiger charge is 2.36. The summed E-state index contributed by atoms with van der Waals surface area (Å²) in [7, 11) is 0. The number of ether oxygens (including phenoxy) is 1. The summed E-state index contributed by atoms with van der Waals surface area (Å²) in [4.78, 5) is 16.6. The number of nitrogens with zero attached hydrogens (tertiary/aromatic N) is 1. The monoisotopic (exact) mass is 389 g/mol. The topological polar surface area (TPSA) is 29.5 Å². The van der Waals surface area contributed by atoms with Crippen LogP contribution in [0.1, 0.15) is 78.1 Å². The molecular weight excluding hydrogens is 354 g/mol. The Morgan fingerprint density at radius 2 is 1.48 bits per heavy atom. The number of hydrogen-bond donors (Lipinski definition) is 0. The third kappa shape index (κ3) is 6.17. The van der Waals surface area contributed by atoms with E-state index in [0.29, 0.717) is 12.1 Å². The van der Waals surface area contributed by atoms with Gasteiger partial charge < -0.3 is 9.64 Å². The van der Waals surface area contributed by atoms with Crippen molar-refractivity contribution in [1.82, 2.24) is 4.90 Å². The quantitative estimate of drug-likeness (QED) is 0.509. The molecule has 0 heterocycles. The molecule has 2 aliphatic rings. The van der Waals surface area contributed by atoms with Gasteiger partial charge >= 0.3 is 6.09 Å². The van der Waals surface area contributed by atoms with E-state index in [1.54, 1.807) is 11.8 Å². The molecule has 4 heteroatoms. The lowest BCUT2D eigenvalue weighted by Crippen LogP contribution is -2.51. The van der Waals surface area contributed by atoms with Crippen LogP contribution in [0.2, 0.25) is 0 Å². The molecule has 0 spiro atoms. The molecule has 27 heavy (non-hydrogen) atoms. The van der Waals surface area contributed by atoms with Crippen LogP contribution in [0.25, 0.3) is 0 Å². The van der Waals surface area contributed by atoms with Crippen LogP contribution in [-0.2, 0) is 4.74 Å². The molecule has 150 valence electrons. The standard InChI is InChI=1S/C23H35NO2S/c1-23(2,18-27-21-16-10-5-11-17-21)26-22(25)24(19-12-6-3-7-13-19)20-14-8-4-9-15-20/h5,10-11,16-17,19-20H,3-4,6-9,12-15,18H2,1-2H3. The maximum Gasteiger partial charge on any atom is 0.410 e. The highest BCUT2D eigenvalue weighted by molar-refractivity contribution is 7.99. The van der Waals surface area contributed by atoms with Gasteiger partial charge in [-0.2, -0.15) is 0 Å². The minimum absolute atomic E-state index is 0.0764. The molecule has 2 fully saturated rings. The Balaban J connectivity index is 1.63. The highest BCUT2D eigenvalue weighted by atomic mass is 32.2. The predicted molar refractivity (Wildman–Crippen MR) is 113 cm³/mol. The first-order chi connectivity index (χ1) is 13.1. The molecule has 3 nitrogen and oxygen atoms in total. The van der Waals surface area contributed by atoms with E-state index in [-0.39, 0.29) is 6.09 Å². The Bertz CT molecular complexity index is 559. The molecule has 0 aromatic heterocycles. The average molecular weight is 390 g/mol. The number of carbonyl (C=O) groups excluding carboxylic acids is 1. The van der Waals surface area contributed by atoms with Crippen molar-refractivity contribution in [2.24, 2.45) is 0 Å². The first kappa shape index (κ1) is 20.6. The van der Waals surface area contributed by atoms with Gasteiger partial charge in [-0.15, -0.1) is 11.8 Å². The number of amides is 1. The van der Waals surface area contributed by atoms with Gasteiger partial charge in [-0.25, -0.2) is 4.79 Å². The number of rotatable bonds is 6. The fourth-order valence-corrected chi connectivity index (χ4v) is 5.33. The molecule has 2 saturated carbocycles. The van der Waals surface area contributed by atoms with Crippen molar-refractivity contribution in [3.63, 3.8) is 0 Å². The summed E-state index contributed by atoms with van der Waals surface area (Å²) in [5.41, 5.74) is -0.473. The first-order valence-electron chi connectivity index (χ1n) is 10.7. The Morgan fingerprint density at radius 3 is 2.00 bits per heavy atom.